The lowest BCUT2D eigenvalue weighted by molar-refractivity contribution is -0.142. The maximum atomic E-state index is 13.2. The molecule has 25 heavy (non-hydrogen) atoms. The second-order valence-electron chi connectivity index (χ2n) is 6.01. The van der Waals surface area contributed by atoms with Crippen LogP contribution in [-0.4, -0.2) is 27.8 Å². The van der Waals surface area contributed by atoms with E-state index in [-0.39, 0.29) is 23.3 Å². The summed E-state index contributed by atoms with van der Waals surface area (Å²) >= 11 is 9.58. The molecular formula is C17H20BrClF3N3. The number of likely N-dealkylation sites (N-methyl/N-ethyl adjacent to an activating group) is 1. The molecule has 0 N–H and O–H groups in total. The van der Waals surface area contributed by atoms with Crippen LogP contribution in [0.4, 0.5) is 13.2 Å². The maximum Gasteiger partial charge on any atom is 0.435 e. The van der Waals surface area contributed by atoms with Crippen molar-refractivity contribution in [2.75, 3.05) is 7.05 Å². The lowest BCUT2D eigenvalue weighted by Crippen LogP contribution is -2.33. The zero-order valence-electron chi connectivity index (χ0n) is 14.2. The molecule has 0 saturated heterocycles. The average Bonchev–Trinajstić information content (AvgIpc) is 2.82. The van der Waals surface area contributed by atoms with E-state index >= 15 is 0 Å². The van der Waals surface area contributed by atoms with Gasteiger partial charge < -0.3 is 0 Å². The molecule has 0 spiro atoms. The number of nitrogens with zero attached hydrogens (tertiary/aromatic N) is 3. The Morgan fingerprint density at radius 2 is 1.96 bits per heavy atom. The number of alkyl halides is 3. The van der Waals surface area contributed by atoms with Crippen LogP contribution < -0.4 is 0 Å². The fourth-order valence-electron chi connectivity index (χ4n) is 2.82. The normalized spacial score (nSPS) is 13.5. The highest BCUT2D eigenvalue weighted by atomic mass is 79.9. The Morgan fingerprint density at radius 3 is 2.52 bits per heavy atom. The first kappa shape index (κ1) is 20.3. The Kier molecular flexibility index (Phi) is 6.56. The van der Waals surface area contributed by atoms with Crippen molar-refractivity contribution in [3.63, 3.8) is 0 Å². The van der Waals surface area contributed by atoms with Crippen LogP contribution in [0, 0.1) is 0 Å². The third-order valence-electron chi connectivity index (χ3n) is 4.25. The largest absolute Gasteiger partial charge is 0.435 e. The summed E-state index contributed by atoms with van der Waals surface area (Å²) in [6.07, 6.45) is -2.99. The zero-order valence-corrected chi connectivity index (χ0v) is 16.6. The fraction of sp³-hybridized carbons (Fsp3) is 0.471. The van der Waals surface area contributed by atoms with E-state index in [1.54, 1.807) is 0 Å². The quantitative estimate of drug-likeness (QED) is 0.609. The molecule has 0 aliphatic heterocycles. The van der Waals surface area contributed by atoms with Crippen molar-refractivity contribution in [2.24, 2.45) is 7.05 Å². The van der Waals surface area contributed by atoms with Crippen molar-refractivity contribution >= 4 is 27.5 Å². The van der Waals surface area contributed by atoms with Crippen molar-refractivity contribution in [3.05, 3.63) is 50.7 Å². The van der Waals surface area contributed by atoms with Crippen molar-refractivity contribution in [3.8, 4) is 0 Å². The number of rotatable bonds is 6. The Balaban J connectivity index is 2.23. The molecule has 1 heterocycles. The minimum Gasteiger partial charge on any atom is -0.299 e. The average molecular weight is 439 g/mol. The molecule has 0 aliphatic rings. The Labute approximate surface area is 158 Å². The lowest BCUT2D eigenvalue weighted by atomic mass is 10.0. The Bertz CT molecular complexity index is 730. The number of hydrogen-bond acceptors (Lipinski definition) is 2. The minimum atomic E-state index is -4.52. The van der Waals surface area contributed by atoms with Gasteiger partial charge in [0.05, 0.1) is 0 Å². The van der Waals surface area contributed by atoms with Crippen LogP contribution in [0.15, 0.2) is 28.7 Å². The third kappa shape index (κ3) is 4.77. The van der Waals surface area contributed by atoms with E-state index in [2.05, 4.69) is 21.0 Å². The van der Waals surface area contributed by atoms with Crippen LogP contribution in [0.2, 0.25) is 5.15 Å². The van der Waals surface area contributed by atoms with Gasteiger partial charge in [0.1, 0.15) is 5.15 Å². The predicted molar refractivity (Wildman–Crippen MR) is 96.6 cm³/mol. The van der Waals surface area contributed by atoms with Gasteiger partial charge in [-0.05, 0) is 31.5 Å². The smallest absolute Gasteiger partial charge is 0.299 e. The Hall–Kier alpha value is -1.05. The molecule has 1 atom stereocenters. The summed E-state index contributed by atoms with van der Waals surface area (Å²) in [5, 5.41) is 3.57. The van der Waals surface area contributed by atoms with Crippen molar-refractivity contribution in [1.82, 2.24) is 14.7 Å². The first-order chi connectivity index (χ1) is 11.6. The molecule has 3 nitrogen and oxygen atoms in total. The van der Waals surface area contributed by atoms with E-state index in [9.17, 15) is 13.2 Å². The van der Waals surface area contributed by atoms with Gasteiger partial charge in [0, 0.05) is 29.7 Å². The van der Waals surface area contributed by atoms with Gasteiger partial charge in [-0.1, -0.05) is 52.7 Å². The summed E-state index contributed by atoms with van der Waals surface area (Å²) in [5.41, 5.74) is 0.224. The van der Waals surface area contributed by atoms with Crippen molar-refractivity contribution in [1.29, 1.82) is 0 Å². The van der Waals surface area contributed by atoms with Crippen LogP contribution in [0.3, 0.4) is 0 Å². The number of hydrogen-bond donors (Lipinski definition) is 0. The highest BCUT2D eigenvalue weighted by Crippen LogP contribution is 2.35. The second kappa shape index (κ2) is 8.10. The monoisotopic (exact) mass is 437 g/mol. The number of halogens is 5. The Morgan fingerprint density at radius 1 is 1.32 bits per heavy atom. The van der Waals surface area contributed by atoms with Crippen molar-refractivity contribution in [2.45, 2.75) is 38.5 Å². The summed E-state index contributed by atoms with van der Waals surface area (Å²) in [6.45, 7) is 2.11. The van der Waals surface area contributed by atoms with Crippen LogP contribution in [0.5, 0.6) is 0 Å². The van der Waals surface area contributed by atoms with Crippen LogP contribution in [0.25, 0.3) is 0 Å². The molecule has 0 radical (unpaired) electrons. The second-order valence-corrected chi connectivity index (χ2v) is 7.22. The van der Waals surface area contributed by atoms with Gasteiger partial charge >= 0.3 is 6.18 Å². The fourth-order valence-corrected chi connectivity index (χ4v) is 3.46. The van der Waals surface area contributed by atoms with Crippen LogP contribution in [0.1, 0.15) is 30.2 Å². The van der Waals surface area contributed by atoms with Gasteiger partial charge in [-0.3, -0.25) is 9.58 Å². The lowest BCUT2D eigenvalue weighted by Gasteiger charge is -2.28. The van der Waals surface area contributed by atoms with Crippen molar-refractivity contribution < 1.29 is 13.2 Å². The van der Waals surface area contributed by atoms with E-state index in [0.29, 0.717) is 0 Å². The summed E-state index contributed by atoms with van der Waals surface area (Å²) in [6, 6.07) is 7.94. The predicted octanol–water partition coefficient (Wildman–Crippen LogP) is 5.31. The number of benzene rings is 1. The molecule has 0 fully saturated rings. The van der Waals surface area contributed by atoms with E-state index in [1.165, 1.54) is 7.05 Å². The summed E-state index contributed by atoms with van der Waals surface area (Å²) in [5.74, 6) is 0. The summed E-state index contributed by atoms with van der Waals surface area (Å²) < 4.78 is 41.7. The highest BCUT2D eigenvalue weighted by molar-refractivity contribution is 9.10. The topological polar surface area (TPSA) is 21.1 Å². The third-order valence-corrected chi connectivity index (χ3v) is 5.50. The molecule has 1 aromatic heterocycles. The van der Waals surface area contributed by atoms with Gasteiger partial charge in [0.2, 0.25) is 0 Å². The zero-order chi connectivity index (χ0) is 18.8. The van der Waals surface area contributed by atoms with Crippen LogP contribution >= 0.6 is 27.5 Å². The van der Waals surface area contributed by atoms with E-state index in [1.807, 2.05) is 43.1 Å². The minimum absolute atomic E-state index is 0.0183. The first-order valence-corrected chi connectivity index (χ1v) is 9.04. The van der Waals surface area contributed by atoms with Gasteiger partial charge in [-0.2, -0.15) is 18.3 Å². The molecule has 2 aromatic rings. The molecule has 0 bridgehead atoms. The SMILES string of the molecule is CCC(Cc1ccccc1Br)N(C)Cc1c(C(F)(F)F)nn(C)c1Cl. The standard InChI is InChI=1S/C17H20BrClF3N3/c1-4-12(9-11-7-5-6-8-14(11)18)24(2)10-13-15(17(20,21)22)23-25(3)16(13)19/h5-8,12H,4,9-10H2,1-3H3. The first-order valence-electron chi connectivity index (χ1n) is 7.87. The number of aryl methyl sites for hydroxylation is 1. The molecular weight excluding hydrogens is 419 g/mol. The van der Waals surface area contributed by atoms with Gasteiger partial charge in [-0.25, -0.2) is 0 Å². The van der Waals surface area contributed by atoms with Crippen LogP contribution in [-0.2, 0) is 26.2 Å². The van der Waals surface area contributed by atoms with E-state index in [4.69, 9.17) is 11.6 Å². The van der Waals surface area contributed by atoms with E-state index in [0.717, 1.165) is 27.6 Å². The summed E-state index contributed by atoms with van der Waals surface area (Å²) in [7, 11) is 3.23. The van der Waals surface area contributed by atoms with Gasteiger partial charge in [-0.15, -0.1) is 0 Å². The summed E-state index contributed by atoms with van der Waals surface area (Å²) in [4.78, 5) is 1.90. The molecule has 1 aromatic carbocycles. The maximum absolute atomic E-state index is 13.2. The van der Waals surface area contributed by atoms with Gasteiger partial charge in [0.25, 0.3) is 0 Å². The molecule has 2 rings (SSSR count). The number of aromatic nitrogens is 2. The van der Waals surface area contributed by atoms with E-state index < -0.39 is 11.9 Å². The molecule has 138 valence electrons. The molecule has 8 heteroatoms. The molecule has 0 aliphatic carbocycles. The highest BCUT2D eigenvalue weighted by Gasteiger charge is 2.39. The molecule has 0 amide bonds. The molecule has 1 unspecified atom stereocenters. The van der Waals surface area contributed by atoms with Gasteiger partial charge in [0.15, 0.2) is 5.69 Å². The molecule has 0 saturated carbocycles.